The molecule has 0 saturated carbocycles. The second kappa shape index (κ2) is 8.72. The van der Waals surface area contributed by atoms with Gasteiger partial charge < -0.3 is 4.42 Å². The van der Waals surface area contributed by atoms with Gasteiger partial charge in [0.15, 0.2) is 0 Å². The largest absolute Gasteiger partial charge is 0.456 e. The summed E-state index contributed by atoms with van der Waals surface area (Å²) in [6, 6.07) is 52.0. The van der Waals surface area contributed by atoms with Gasteiger partial charge in [0.2, 0.25) is 0 Å². The highest BCUT2D eigenvalue weighted by Gasteiger charge is 2.17. The Kier molecular flexibility index (Phi) is 4.89. The van der Waals surface area contributed by atoms with Crippen molar-refractivity contribution < 1.29 is 4.42 Å². The molecule has 0 amide bonds. The molecule has 0 radical (unpaired) electrons. The SMILES string of the molecule is c1ccc(-c2ccc3oc4ccc(-c5c6ccccc6c(-c6ccccc6)c6ccccc56)cc4c3c2)cc1. The summed E-state index contributed by atoms with van der Waals surface area (Å²) in [6.45, 7) is 0. The van der Waals surface area contributed by atoms with E-state index in [0.717, 1.165) is 21.9 Å². The van der Waals surface area contributed by atoms with E-state index in [1.54, 1.807) is 0 Å². The zero-order valence-electron chi connectivity index (χ0n) is 21.3. The molecular weight excluding hydrogens is 472 g/mol. The highest BCUT2D eigenvalue weighted by molar-refractivity contribution is 6.22. The first-order chi connectivity index (χ1) is 19.3. The average molecular weight is 497 g/mol. The van der Waals surface area contributed by atoms with E-state index in [-0.39, 0.29) is 0 Å². The zero-order chi connectivity index (χ0) is 25.8. The predicted octanol–water partition coefficient (Wildman–Crippen LogP) is 10.9. The fourth-order valence-corrected chi connectivity index (χ4v) is 6.10. The van der Waals surface area contributed by atoms with E-state index in [1.807, 2.05) is 0 Å². The van der Waals surface area contributed by atoms with E-state index >= 15 is 0 Å². The van der Waals surface area contributed by atoms with Crippen LogP contribution in [0.5, 0.6) is 0 Å². The Morgan fingerprint density at radius 1 is 0.282 bits per heavy atom. The fraction of sp³-hybridized carbons (Fsp3) is 0. The summed E-state index contributed by atoms with van der Waals surface area (Å²) in [4.78, 5) is 0. The van der Waals surface area contributed by atoms with Crippen LogP contribution in [0.25, 0.3) is 76.9 Å². The van der Waals surface area contributed by atoms with Gasteiger partial charge in [-0.25, -0.2) is 0 Å². The Morgan fingerprint density at radius 3 is 1.23 bits per heavy atom. The number of fused-ring (bicyclic) bond motifs is 5. The van der Waals surface area contributed by atoms with Crippen molar-refractivity contribution in [2.45, 2.75) is 0 Å². The number of benzene rings is 7. The molecule has 0 aliphatic heterocycles. The van der Waals surface area contributed by atoms with Crippen LogP contribution in [-0.4, -0.2) is 0 Å². The quantitative estimate of drug-likeness (QED) is 0.222. The molecule has 1 nitrogen and oxygen atoms in total. The summed E-state index contributed by atoms with van der Waals surface area (Å²) >= 11 is 0. The van der Waals surface area contributed by atoms with Gasteiger partial charge in [-0.1, -0.05) is 121 Å². The average Bonchev–Trinajstić information content (AvgIpc) is 3.38. The molecule has 8 aromatic rings. The monoisotopic (exact) mass is 496 g/mol. The molecule has 1 aromatic heterocycles. The number of hydrogen-bond acceptors (Lipinski definition) is 1. The van der Waals surface area contributed by atoms with Gasteiger partial charge in [0.1, 0.15) is 11.2 Å². The molecule has 1 heterocycles. The van der Waals surface area contributed by atoms with Crippen LogP contribution in [0.4, 0.5) is 0 Å². The maximum Gasteiger partial charge on any atom is 0.135 e. The van der Waals surface area contributed by atoms with Gasteiger partial charge in [-0.3, -0.25) is 0 Å². The lowest BCUT2D eigenvalue weighted by atomic mass is 9.86. The van der Waals surface area contributed by atoms with Crippen molar-refractivity contribution in [3.63, 3.8) is 0 Å². The maximum absolute atomic E-state index is 6.29. The third-order valence-corrected chi connectivity index (χ3v) is 7.86. The standard InChI is InChI=1S/C38H24O/c1-3-11-25(12-4-1)27-19-21-35-33(23-27)34-24-28(20-22-36(34)39-35)38-31-17-9-7-15-29(31)37(26-13-5-2-6-14-26)30-16-8-10-18-32(30)38/h1-24H. The van der Waals surface area contributed by atoms with Crippen LogP contribution < -0.4 is 0 Å². The molecule has 7 aromatic carbocycles. The third kappa shape index (κ3) is 3.48. The van der Waals surface area contributed by atoms with Crippen molar-refractivity contribution in [2.75, 3.05) is 0 Å². The molecule has 39 heavy (non-hydrogen) atoms. The molecule has 0 spiro atoms. The lowest BCUT2D eigenvalue weighted by Crippen LogP contribution is -1.90. The van der Waals surface area contributed by atoms with Crippen LogP contribution >= 0.6 is 0 Å². The fourth-order valence-electron chi connectivity index (χ4n) is 6.10. The van der Waals surface area contributed by atoms with Crippen molar-refractivity contribution in [1.82, 2.24) is 0 Å². The lowest BCUT2D eigenvalue weighted by Gasteiger charge is -2.17. The molecule has 0 saturated heterocycles. The van der Waals surface area contributed by atoms with Crippen molar-refractivity contribution in [3.05, 3.63) is 146 Å². The smallest absolute Gasteiger partial charge is 0.135 e. The summed E-state index contributed by atoms with van der Waals surface area (Å²) in [7, 11) is 0. The minimum atomic E-state index is 0.911. The minimum absolute atomic E-state index is 0.911. The molecule has 0 N–H and O–H groups in total. The normalized spacial score (nSPS) is 11.6. The van der Waals surface area contributed by atoms with Crippen molar-refractivity contribution in [3.8, 4) is 33.4 Å². The van der Waals surface area contributed by atoms with Crippen molar-refractivity contribution in [2.24, 2.45) is 0 Å². The van der Waals surface area contributed by atoms with Gasteiger partial charge in [-0.15, -0.1) is 0 Å². The Bertz CT molecular complexity index is 2090. The molecule has 0 bridgehead atoms. The summed E-state index contributed by atoms with van der Waals surface area (Å²) in [5.41, 5.74) is 9.20. The summed E-state index contributed by atoms with van der Waals surface area (Å²) < 4.78 is 6.29. The van der Waals surface area contributed by atoms with Crippen LogP contribution in [0.2, 0.25) is 0 Å². The molecular formula is C38H24O. The lowest BCUT2D eigenvalue weighted by molar-refractivity contribution is 0.669. The van der Waals surface area contributed by atoms with Crippen LogP contribution in [0.1, 0.15) is 0 Å². The third-order valence-electron chi connectivity index (χ3n) is 7.86. The first-order valence-corrected chi connectivity index (χ1v) is 13.4. The van der Waals surface area contributed by atoms with Crippen LogP contribution in [0.3, 0.4) is 0 Å². The highest BCUT2D eigenvalue weighted by Crippen LogP contribution is 2.44. The number of hydrogen-bond donors (Lipinski definition) is 0. The molecule has 0 fully saturated rings. The van der Waals surface area contributed by atoms with E-state index in [2.05, 4.69) is 146 Å². The summed E-state index contributed by atoms with van der Waals surface area (Å²) in [5.74, 6) is 0. The Hall–Kier alpha value is -5.14. The second-order valence-electron chi connectivity index (χ2n) is 10.1. The zero-order valence-corrected chi connectivity index (χ0v) is 21.3. The first-order valence-electron chi connectivity index (χ1n) is 13.4. The van der Waals surface area contributed by atoms with E-state index in [9.17, 15) is 0 Å². The molecule has 182 valence electrons. The van der Waals surface area contributed by atoms with Gasteiger partial charge >= 0.3 is 0 Å². The number of furan rings is 1. The van der Waals surface area contributed by atoms with E-state index in [0.29, 0.717) is 0 Å². The molecule has 0 aliphatic rings. The van der Waals surface area contributed by atoms with Gasteiger partial charge in [0, 0.05) is 10.8 Å². The Morgan fingerprint density at radius 2 is 0.692 bits per heavy atom. The molecule has 0 atom stereocenters. The Balaban J connectivity index is 1.43. The molecule has 0 unspecified atom stereocenters. The Labute approximate surface area is 226 Å². The topological polar surface area (TPSA) is 13.1 Å². The summed E-state index contributed by atoms with van der Waals surface area (Å²) in [5, 5.41) is 7.32. The highest BCUT2D eigenvalue weighted by atomic mass is 16.3. The molecule has 0 aliphatic carbocycles. The first kappa shape index (κ1) is 21.9. The minimum Gasteiger partial charge on any atom is -0.456 e. The van der Waals surface area contributed by atoms with Crippen LogP contribution in [0.15, 0.2) is 150 Å². The van der Waals surface area contributed by atoms with Crippen LogP contribution in [-0.2, 0) is 0 Å². The van der Waals surface area contributed by atoms with E-state index in [4.69, 9.17) is 4.42 Å². The van der Waals surface area contributed by atoms with Crippen LogP contribution in [0, 0.1) is 0 Å². The van der Waals surface area contributed by atoms with Crippen molar-refractivity contribution in [1.29, 1.82) is 0 Å². The molecule has 1 heteroatoms. The van der Waals surface area contributed by atoms with Crippen molar-refractivity contribution >= 4 is 43.5 Å². The van der Waals surface area contributed by atoms with Gasteiger partial charge in [0.25, 0.3) is 0 Å². The van der Waals surface area contributed by atoms with E-state index < -0.39 is 0 Å². The summed E-state index contributed by atoms with van der Waals surface area (Å²) in [6.07, 6.45) is 0. The maximum atomic E-state index is 6.29. The second-order valence-corrected chi connectivity index (χ2v) is 10.1. The van der Waals surface area contributed by atoms with Gasteiger partial charge in [-0.2, -0.15) is 0 Å². The number of rotatable bonds is 3. The van der Waals surface area contributed by atoms with E-state index in [1.165, 1.54) is 54.9 Å². The molecule has 8 rings (SSSR count). The van der Waals surface area contributed by atoms with Gasteiger partial charge in [-0.05, 0) is 79.2 Å². The van der Waals surface area contributed by atoms with Gasteiger partial charge in [0.05, 0.1) is 0 Å². The predicted molar refractivity (Wildman–Crippen MR) is 165 cm³/mol.